The van der Waals surface area contributed by atoms with Crippen molar-refractivity contribution in [2.24, 2.45) is 11.7 Å². The van der Waals surface area contributed by atoms with Gasteiger partial charge in [0.25, 0.3) is 0 Å². The van der Waals surface area contributed by atoms with Crippen molar-refractivity contribution >= 4 is 17.5 Å². The highest BCUT2D eigenvalue weighted by Crippen LogP contribution is 2.20. The highest BCUT2D eigenvalue weighted by Gasteiger charge is 2.23. The molecule has 4 N–H and O–H groups in total. The lowest BCUT2D eigenvalue weighted by molar-refractivity contribution is -0.123. The summed E-state index contributed by atoms with van der Waals surface area (Å²) in [5.41, 5.74) is 7.36. The van der Waals surface area contributed by atoms with Gasteiger partial charge in [-0.3, -0.25) is 14.5 Å². The fraction of sp³-hybridized carbons (Fsp3) is 0.579. The Labute approximate surface area is 154 Å². The van der Waals surface area contributed by atoms with Gasteiger partial charge in [-0.25, -0.2) is 0 Å². The summed E-state index contributed by atoms with van der Waals surface area (Å²) in [6, 6.07) is 8.03. The lowest BCUT2D eigenvalue weighted by Gasteiger charge is -2.30. The summed E-state index contributed by atoms with van der Waals surface area (Å²) in [6.07, 6.45) is 2.05. The largest absolute Gasteiger partial charge is 0.378 e. The molecule has 0 spiro atoms. The molecule has 0 aliphatic carbocycles. The van der Waals surface area contributed by atoms with Crippen LogP contribution < -0.4 is 16.4 Å². The number of likely N-dealkylation sites (tertiary alicyclic amines) is 1. The zero-order chi connectivity index (χ0) is 18.4. The van der Waals surface area contributed by atoms with Crippen LogP contribution in [0.4, 0.5) is 5.69 Å². The van der Waals surface area contributed by atoms with Crippen LogP contribution in [-0.2, 0) is 20.9 Å². The van der Waals surface area contributed by atoms with Gasteiger partial charge in [0.15, 0.2) is 0 Å². The highest BCUT2D eigenvalue weighted by molar-refractivity contribution is 5.91. The first-order valence-electron chi connectivity index (χ1n) is 9.32. The third kappa shape index (κ3) is 5.52. The summed E-state index contributed by atoms with van der Waals surface area (Å²) in [7, 11) is 0. The van der Waals surface area contributed by atoms with Crippen LogP contribution >= 0.6 is 0 Å². The van der Waals surface area contributed by atoms with Crippen molar-refractivity contribution in [3.8, 4) is 0 Å². The number of benzene rings is 1. The smallest absolute Gasteiger partial charge is 0.226 e. The van der Waals surface area contributed by atoms with Gasteiger partial charge in [0.05, 0.1) is 13.2 Å². The van der Waals surface area contributed by atoms with E-state index in [0.717, 1.165) is 50.3 Å². The van der Waals surface area contributed by atoms with Gasteiger partial charge in [-0.05, 0) is 43.6 Å². The number of nitrogens with one attached hydrogen (secondary N) is 2. The lowest BCUT2D eigenvalue weighted by Crippen LogP contribution is -2.43. The number of hydrogen-bond donors (Lipinski definition) is 3. The van der Waals surface area contributed by atoms with E-state index in [1.165, 1.54) is 0 Å². The molecule has 2 saturated heterocycles. The van der Waals surface area contributed by atoms with Crippen molar-refractivity contribution in [2.45, 2.75) is 31.8 Å². The molecule has 1 aromatic rings. The molecule has 142 valence electrons. The topological polar surface area (TPSA) is 96.7 Å². The standard InChI is InChI=1S/C19H28N4O3/c20-19(25)15-4-7-23(8-5-15)12-14-2-1-3-16(10-14)22-18(24)11-17-13-26-9-6-21-17/h1-3,10,15,17,21H,4-9,11-13H2,(H2,20,25)(H,22,24). The average molecular weight is 360 g/mol. The summed E-state index contributed by atoms with van der Waals surface area (Å²) in [6.45, 7) is 4.63. The Kier molecular flexibility index (Phi) is 6.60. The molecule has 0 aromatic heterocycles. The average Bonchev–Trinajstić information content (AvgIpc) is 2.63. The first-order chi connectivity index (χ1) is 12.6. The van der Waals surface area contributed by atoms with E-state index in [1.54, 1.807) is 0 Å². The van der Waals surface area contributed by atoms with Gasteiger partial charge in [-0.2, -0.15) is 0 Å². The molecule has 7 nitrogen and oxygen atoms in total. The second kappa shape index (κ2) is 9.12. The summed E-state index contributed by atoms with van der Waals surface area (Å²) >= 11 is 0. The first-order valence-corrected chi connectivity index (χ1v) is 9.32. The van der Waals surface area contributed by atoms with E-state index in [2.05, 4.69) is 21.6 Å². The molecule has 2 heterocycles. The van der Waals surface area contributed by atoms with E-state index >= 15 is 0 Å². The fourth-order valence-electron chi connectivity index (χ4n) is 3.57. The van der Waals surface area contributed by atoms with Crippen molar-refractivity contribution in [1.29, 1.82) is 0 Å². The molecule has 2 fully saturated rings. The molecular weight excluding hydrogens is 332 g/mol. The molecule has 1 aromatic carbocycles. The van der Waals surface area contributed by atoms with Gasteiger partial charge in [-0.1, -0.05) is 12.1 Å². The molecular formula is C19H28N4O3. The zero-order valence-electron chi connectivity index (χ0n) is 15.1. The lowest BCUT2D eigenvalue weighted by atomic mass is 9.96. The van der Waals surface area contributed by atoms with E-state index in [9.17, 15) is 9.59 Å². The maximum atomic E-state index is 12.2. The number of anilines is 1. The Bertz CT molecular complexity index is 623. The molecule has 2 aliphatic heterocycles. The van der Waals surface area contributed by atoms with Crippen LogP contribution in [0.15, 0.2) is 24.3 Å². The van der Waals surface area contributed by atoms with E-state index in [4.69, 9.17) is 10.5 Å². The summed E-state index contributed by atoms with van der Waals surface area (Å²) < 4.78 is 5.38. The third-order valence-electron chi connectivity index (χ3n) is 5.04. The molecule has 3 rings (SSSR count). The van der Waals surface area contributed by atoms with Gasteiger partial charge in [-0.15, -0.1) is 0 Å². The Morgan fingerprint density at radius 1 is 1.31 bits per heavy atom. The number of carbonyl (C=O) groups is 2. The minimum atomic E-state index is -0.188. The predicted octanol–water partition coefficient (Wildman–Crippen LogP) is 0.701. The van der Waals surface area contributed by atoms with Crippen LogP contribution in [0.1, 0.15) is 24.8 Å². The normalized spacial score (nSPS) is 22.1. The van der Waals surface area contributed by atoms with Gasteiger partial charge in [0.2, 0.25) is 11.8 Å². The number of piperidine rings is 1. The number of nitrogens with zero attached hydrogens (tertiary/aromatic N) is 1. The van der Waals surface area contributed by atoms with Crippen LogP contribution in [0.5, 0.6) is 0 Å². The van der Waals surface area contributed by atoms with Gasteiger partial charge < -0.3 is 21.1 Å². The highest BCUT2D eigenvalue weighted by atomic mass is 16.5. The molecule has 7 heteroatoms. The molecule has 0 saturated carbocycles. The molecule has 26 heavy (non-hydrogen) atoms. The number of amides is 2. The molecule has 0 bridgehead atoms. The Hall–Kier alpha value is -1.96. The maximum Gasteiger partial charge on any atom is 0.226 e. The van der Waals surface area contributed by atoms with Gasteiger partial charge >= 0.3 is 0 Å². The number of hydrogen-bond acceptors (Lipinski definition) is 5. The summed E-state index contributed by atoms with van der Waals surface area (Å²) in [4.78, 5) is 25.8. The Morgan fingerprint density at radius 3 is 2.81 bits per heavy atom. The third-order valence-corrected chi connectivity index (χ3v) is 5.04. The van der Waals surface area contributed by atoms with Gasteiger partial charge in [0, 0.05) is 37.2 Å². The minimum absolute atomic E-state index is 0.00702. The number of primary amides is 1. The monoisotopic (exact) mass is 360 g/mol. The minimum Gasteiger partial charge on any atom is -0.378 e. The van der Waals surface area contributed by atoms with Crippen LogP contribution in [0.3, 0.4) is 0 Å². The zero-order valence-corrected chi connectivity index (χ0v) is 15.1. The molecule has 1 atom stereocenters. The first kappa shape index (κ1) is 18.8. The number of carbonyl (C=O) groups excluding carboxylic acids is 2. The second-order valence-electron chi connectivity index (χ2n) is 7.13. The van der Waals surface area contributed by atoms with Crippen LogP contribution in [0, 0.1) is 5.92 Å². The fourth-order valence-corrected chi connectivity index (χ4v) is 3.57. The van der Waals surface area contributed by atoms with Crippen LogP contribution in [-0.4, -0.2) is 55.6 Å². The number of ether oxygens (including phenoxy) is 1. The molecule has 2 aliphatic rings. The molecule has 0 radical (unpaired) electrons. The maximum absolute atomic E-state index is 12.2. The summed E-state index contributed by atoms with van der Waals surface area (Å²) in [5, 5.41) is 6.26. The van der Waals surface area contributed by atoms with E-state index < -0.39 is 0 Å². The number of morpholine rings is 1. The van der Waals surface area contributed by atoms with Crippen molar-refractivity contribution in [3.05, 3.63) is 29.8 Å². The number of nitrogens with two attached hydrogens (primary N) is 1. The van der Waals surface area contributed by atoms with Crippen molar-refractivity contribution in [3.63, 3.8) is 0 Å². The Balaban J connectivity index is 1.48. The van der Waals surface area contributed by atoms with Crippen LogP contribution in [0.2, 0.25) is 0 Å². The second-order valence-corrected chi connectivity index (χ2v) is 7.13. The predicted molar refractivity (Wildman–Crippen MR) is 99.5 cm³/mol. The SMILES string of the molecule is NC(=O)C1CCN(Cc2cccc(NC(=O)CC3COCCN3)c2)CC1. The van der Waals surface area contributed by atoms with E-state index in [0.29, 0.717) is 19.6 Å². The van der Waals surface area contributed by atoms with Gasteiger partial charge in [0.1, 0.15) is 0 Å². The van der Waals surface area contributed by atoms with E-state index in [-0.39, 0.29) is 23.8 Å². The Morgan fingerprint density at radius 2 is 2.12 bits per heavy atom. The quantitative estimate of drug-likeness (QED) is 0.694. The summed E-state index contributed by atoms with van der Waals surface area (Å²) in [5.74, 6) is -0.186. The molecule has 2 amide bonds. The molecule has 1 unspecified atom stereocenters. The van der Waals surface area contributed by atoms with Crippen LogP contribution in [0.25, 0.3) is 0 Å². The van der Waals surface area contributed by atoms with Crippen molar-refractivity contribution in [2.75, 3.05) is 38.2 Å². The van der Waals surface area contributed by atoms with Crippen molar-refractivity contribution in [1.82, 2.24) is 10.2 Å². The van der Waals surface area contributed by atoms with E-state index in [1.807, 2.05) is 18.2 Å². The number of rotatable bonds is 6. The van der Waals surface area contributed by atoms with Crippen molar-refractivity contribution < 1.29 is 14.3 Å².